The topological polar surface area (TPSA) is 87.1 Å². The molecule has 0 aliphatic carbocycles. The number of ether oxygens (including phenoxy) is 1. The third kappa shape index (κ3) is 8.44. The van der Waals surface area contributed by atoms with Gasteiger partial charge in [0.25, 0.3) is 0 Å². The SMILES string of the molecule is C=CCN1CCC(Oc2ccc(F)cc2)C(c2ccccc2)C1.O=C(O)C=CC(=O)O. The second-order valence-corrected chi connectivity index (χ2v) is 6.97. The highest BCUT2D eigenvalue weighted by molar-refractivity contribution is 5.89. The zero-order valence-corrected chi connectivity index (χ0v) is 17.1. The lowest BCUT2D eigenvalue weighted by Gasteiger charge is -2.38. The Kier molecular flexibility index (Phi) is 9.45. The summed E-state index contributed by atoms with van der Waals surface area (Å²) in [5, 5.41) is 15.6. The van der Waals surface area contributed by atoms with Gasteiger partial charge in [0.2, 0.25) is 0 Å². The summed E-state index contributed by atoms with van der Waals surface area (Å²) in [4.78, 5) is 21.5. The number of piperidine rings is 1. The van der Waals surface area contributed by atoms with Gasteiger partial charge in [-0.2, -0.15) is 0 Å². The van der Waals surface area contributed by atoms with E-state index in [1.807, 2.05) is 12.1 Å². The van der Waals surface area contributed by atoms with Crippen LogP contribution in [-0.4, -0.2) is 52.8 Å². The van der Waals surface area contributed by atoms with Gasteiger partial charge in [0.1, 0.15) is 17.7 Å². The first-order valence-electron chi connectivity index (χ1n) is 9.83. The highest BCUT2D eigenvalue weighted by Crippen LogP contribution is 2.30. The normalized spacial score (nSPS) is 18.6. The molecule has 1 aliphatic heterocycles. The van der Waals surface area contributed by atoms with Crippen molar-refractivity contribution in [3.05, 3.63) is 90.8 Å². The van der Waals surface area contributed by atoms with E-state index >= 15 is 0 Å². The number of likely N-dealkylation sites (tertiary alicyclic amines) is 1. The first kappa shape index (κ1) is 23.8. The number of nitrogens with zero attached hydrogens (tertiary/aromatic N) is 1. The molecule has 0 aromatic heterocycles. The van der Waals surface area contributed by atoms with E-state index < -0.39 is 11.9 Å². The van der Waals surface area contributed by atoms with Crippen molar-refractivity contribution in [2.24, 2.45) is 0 Å². The standard InChI is InChI=1S/C20H22FNO.C4H4O4/c1-2-13-22-14-12-20(23-18-10-8-17(21)9-11-18)19(15-22)16-6-4-3-5-7-16;5-3(6)1-2-4(7)8/h2-11,19-20H,1,12-15H2;1-2H,(H,5,6)(H,7,8). The van der Waals surface area contributed by atoms with Crippen molar-refractivity contribution in [2.45, 2.75) is 18.4 Å². The molecule has 0 radical (unpaired) electrons. The lowest BCUT2D eigenvalue weighted by molar-refractivity contribution is -0.134. The molecule has 1 saturated heterocycles. The average molecular weight is 427 g/mol. The number of aliphatic carboxylic acids is 2. The summed E-state index contributed by atoms with van der Waals surface area (Å²) in [5.74, 6) is -1.72. The van der Waals surface area contributed by atoms with E-state index in [0.717, 1.165) is 31.8 Å². The molecule has 6 nitrogen and oxygen atoms in total. The van der Waals surface area contributed by atoms with Gasteiger partial charge in [-0.1, -0.05) is 36.4 Å². The van der Waals surface area contributed by atoms with Gasteiger partial charge in [0, 0.05) is 37.7 Å². The molecule has 0 amide bonds. The molecule has 2 N–H and O–H groups in total. The fraction of sp³-hybridized carbons (Fsp3) is 0.250. The minimum absolute atomic E-state index is 0.101. The predicted molar refractivity (Wildman–Crippen MR) is 116 cm³/mol. The monoisotopic (exact) mass is 427 g/mol. The molecule has 2 unspecified atom stereocenters. The highest BCUT2D eigenvalue weighted by Gasteiger charge is 2.31. The Morgan fingerprint density at radius 2 is 1.68 bits per heavy atom. The molecule has 1 fully saturated rings. The largest absolute Gasteiger partial charge is 0.490 e. The number of halogens is 1. The minimum atomic E-state index is -1.26. The van der Waals surface area contributed by atoms with Crippen LogP contribution >= 0.6 is 0 Å². The number of rotatable bonds is 7. The summed E-state index contributed by atoms with van der Waals surface area (Å²) in [6, 6.07) is 16.8. The second kappa shape index (κ2) is 12.3. The Morgan fingerprint density at radius 3 is 2.23 bits per heavy atom. The Hall–Kier alpha value is -3.45. The molecule has 31 heavy (non-hydrogen) atoms. The maximum atomic E-state index is 13.1. The molecule has 7 heteroatoms. The predicted octanol–water partition coefficient (Wildman–Crippen LogP) is 3.96. The average Bonchev–Trinajstić information content (AvgIpc) is 2.76. The van der Waals surface area contributed by atoms with E-state index in [2.05, 4.69) is 35.7 Å². The third-order valence-corrected chi connectivity index (χ3v) is 4.72. The quantitative estimate of drug-likeness (QED) is 0.514. The van der Waals surface area contributed by atoms with Crippen molar-refractivity contribution in [2.75, 3.05) is 19.6 Å². The van der Waals surface area contributed by atoms with Crippen LogP contribution in [0.15, 0.2) is 79.4 Å². The second-order valence-electron chi connectivity index (χ2n) is 6.97. The minimum Gasteiger partial charge on any atom is -0.490 e. The van der Waals surface area contributed by atoms with Crippen molar-refractivity contribution in [3.63, 3.8) is 0 Å². The van der Waals surface area contributed by atoms with E-state index in [4.69, 9.17) is 14.9 Å². The number of carboxylic acids is 2. The molecule has 164 valence electrons. The molecular formula is C24H26FNO5. The highest BCUT2D eigenvalue weighted by atomic mass is 19.1. The molecule has 0 saturated carbocycles. The first-order valence-corrected chi connectivity index (χ1v) is 9.83. The van der Waals surface area contributed by atoms with Crippen LogP contribution in [0.1, 0.15) is 17.9 Å². The van der Waals surface area contributed by atoms with Crippen LogP contribution in [0.3, 0.4) is 0 Å². The zero-order valence-electron chi connectivity index (χ0n) is 17.1. The van der Waals surface area contributed by atoms with Gasteiger partial charge in [0.05, 0.1) is 0 Å². The van der Waals surface area contributed by atoms with E-state index in [1.165, 1.54) is 17.7 Å². The zero-order chi connectivity index (χ0) is 22.6. The summed E-state index contributed by atoms with van der Waals surface area (Å²) < 4.78 is 19.3. The van der Waals surface area contributed by atoms with Crippen molar-refractivity contribution in [3.8, 4) is 5.75 Å². The molecule has 3 rings (SSSR count). The van der Waals surface area contributed by atoms with Crippen LogP contribution in [0.2, 0.25) is 0 Å². The Morgan fingerprint density at radius 1 is 1.06 bits per heavy atom. The maximum Gasteiger partial charge on any atom is 0.328 e. The molecule has 0 bridgehead atoms. The van der Waals surface area contributed by atoms with Crippen LogP contribution in [0.25, 0.3) is 0 Å². The fourth-order valence-corrected chi connectivity index (χ4v) is 3.34. The Bertz CT molecular complexity index is 867. The van der Waals surface area contributed by atoms with E-state index in [9.17, 15) is 14.0 Å². The summed E-state index contributed by atoms with van der Waals surface area (Å²) in [6.07, 6.45) is 4.11. The van der Waals surface area contributed by atoms with Gasteiger partial charge in [-0.25, -0.2) is 14.0 Å². The molecule has 1 aliphatic rings. The van der Waals surface area contributed by atoms with Gasteiger partial charge in [-0.3, -0.25) is 4.90 Å². The molecule has 2 aromatic rings. The first-order chi connectivity index (χ1) is 14.9. The van der Waals surface area contributed by atoms with E-state index in [1.54, 1.807) is 12.1 Å². The van der Waals surface area contributed by atoms with Gasteiger partial charge >= 0.3 is 11.9 Å². The Labute approximate surface area is 180 Å². The lowest BCUT2D eigenvalue weighted by Crippen LogP contribution is -2.44. The van der Waals surface area contributed by atoms with Gasteiger partial charge in [-0.05, 0) is 36.2 Å². The van der Waals surface area contributed by atoms with Crippen LogP contribution < -0.4 is 4.74 Å². The number of benzene rings is 2. The van der Waals surface area contributed by atoms with Crippen molar-refractivity contribution < 1.29 is 28.9 Å². The van der Waals surface area contributed by atoms with Gasteiger partial charge in [0.15, 0.2) is 0 Å². The fourth-order valence-electron chi connectivity index (χ4n) is 3.34. The van der Waals surface area contributed by atoms with Gasteiger partial charge in [-0.15, -0.1) is 6.58 Å². The molecule has 0 spiro atoms. The van der Waals surface area contributed by atoms with Crippen LogP contribution in [0.5, 0.6) is 5.75 Å². The van der Waals surface area contributed by atoms with Crippen molar-refractivity contribution >= 4 is 11.9 Å². The number of carboxylic acid groups (broad SMARTS) is 2. The molecule has 1 heterocycles. The summed E-state index contributed by atoms with van der Waals surface area (Å²) >= 11 is 0. The molecule has 2 aromatic carbocycles. The van der Waals surface area contributed by atoms with Crippen LogP contribution in [0, 0.1) is 5.82 Å². The molecule has 2 atom stereocenters. The van der Waals surface area contributed by atoms with E-state index in [0.29, 0.717) is 18.1 Å². The third-order valence-electron chi connectivity index (χ3n) is 4.72. The number of hydrogen-bond donors (Lipinski definition) is 2. The summed E-state index contributed by atoms with van der Waals surface area (Å²) in [5.41, 5.74) is 1.29. The van der Waals surface area contributed by atoms with Crippen LogP contribution in [-0.2, 0) is 9.59 Å². The summed E-state index contributed by atoms with van der Waals surface area (Å²) in [6.45, 7) is 6.67. The summed E-state index contributed by atoms with van der Waals surface area (Å²) in [7, 11) is 0. The van der Waals surface area contributed by atoms with Crippen LogP contribution in [0.4, 0.5) is 4.39 Å². The number of hydrogen-bond acceptors (Lipinski definition) is 4. The van der Waals surface area contributed by atoms with Crippen molar-refractivity contribution in [1.29, 1.82) is 0 Å². The lowest BCUT2D eigenvalue weighted by atomic mass is 9.87. The van der Waals surface area contributed by atoms with Crippen molar-refractivity contribution in [1.82, 2.24) is 4.90 Å². The van der Waals surface area contributed by atoms with E-state index in [-0.39, 0.29) is 11.9 Å². The molecular weight excluding hydrogens is 401 g/mol. The Balaban J connectivity index is 0.000000366. The number of carbonyl (C=O) groups is 2. The van der Waals surface area contributed by atoms with Gasteiger partial charge < -0.3 is 14.9 Å². The smallest absolute Gasteiger partial charge is 0.328 e. The maximum absolute atomic E-state index is 13.1.